The summed E-state index contributed by atoms with van der Waals surface area (Å²) in [4.78, 5) is 0. The molecule has 32 heavy (non-hydrogen) atoms. The van der Waals surface area contributed by atoms with Crippen molar-refractivity contribution in [1.82, 2.24) is 0 Å². The van der Waals surface area contributed by atoms with Crippen molar-refractivity contribution in [2.24, 2.45) is 52.1 Å². The number of hydrogen-bond acceptors (Lipinski definition) is 2. The summed E-state index contributed by atoms with van der Waals surface area (Å²) in [5.41, 5.74) is 8.47. The Hall–Kier alpha value is -0.340. The summed E-state index contributed by atoms with van der Waals surface area (Å²) in [5, 5.41) is 0. The van der Waals surface area contributed by atoms with Crippen LogP contribution in [0.15, 0.2) is 11.6 Å². The molecule has 4 aliphatic carbocycles. The van der Waals surface area contributed by atoms with E-state index >= 15 is 0 Å². The Morgan fingerprint density at radius 3 is 2.62 bits per heavy atom. The highest BCUT2D eigenvalue weighted by molar-refractivity contribution is 5.25. The van der Waals surface area contributed by atoms with Crippen LogP contribution in [0.5, 0.6) is 0 Å². The molecule has 0 aromatic rings. The molecular weight excluding hydrogens is 390 g/mol. The second-order valence-corrected chi connectivity index (χ2v) is 12.9. The van der Waals surface area contributed by atoms with Crippen LogP contribution in [0.25, 0.3) is 0 Å². The van der Waals surface area contributed by atoms with E-state index in [2.05, 4.69) is 40.7 Å². The first-order chi connectivity index (χ1) is 15.3. The normalized spacial score (nSPS) is 43.1. The van der Waals surface area contributed by atoms with Gasteiger partial charge in [0.2, 0.25) is 0 Å². The minimum Gasteiger partial charge on any atom is -0.377 e. The van der Waals surface area contributed by atoms with E-state index < -0.39 is 0 Å². The Labute approximate surface area is 199 Å². The molecule has 0 aromatic heterocycles. The first kappa shape index (κ1) is 24.8. The molecule has 4 unspecified atom stereocenters. The van der Waals surface area contributed by atoms with Crippen LogP contribution >= 0.6 is 0 Å². The highest BCUT2D eigenvalue weighted by Gasteiger charge is 2.59. The number of fused-ring (bicyclic) bond motifs is 5. The van der Waals surface area contributed by atoms with Crippen molar-refractivity contribution in [3.05, 3.63) is 11.6 Å². The smallest absolute Gasteiger partial charge is 0.0613 e. The summed E-state index contributed by atoms with van der Waals surface area (Å²) >= 11 is 0. The topological polar surface area (TPSA) is 35.2 Å². The van der Waals surface area contributed by atoms with Crippen LogP contribution in [0.1, 0.15) is 112 Å². The van der Waals surface area contributed by atoms with Crippen LogP contribution in [-0.4, -0.2) is 19.3 Å². The van der Waals surface area contributed by atoms with Crippen LogP contribution < -0.4 is 5.73 Å². The van der Waals surface area contributed by atoms with Gasteiger partial charge in [-0.15, -0.1) is 0 Å². The Balaban J connectivity index is 1.42. The standard InChI is InChI=1S/C30H53NO/c1-6-21(2)8-7-9-22(3)26-12-13-27-25-11-10-23-20-24(32-19-18-31)14-16-29(23,4)28(25)15-17-30(26,27)5/h10,21-22,24-28H,6-9,11-20,31H2,1-5H3/t21?,22-,24+,25?,26-,27?,28?,29+,30-/m1/s1. The summed E-state index contributed by atoms with van der Waals surface area (Å²) < 4.78 is 6.08. The molecule has 0 aromatic carbocycles. The molecule has 0 saturated heterocycles. The van der Waals surface area contributed by atoms with Crippen LogP contribution in [0.3, 0.4) is 0 Å². The zero-order valence-corrected chi connectivity index (χ0v) is 22.0. The molecule has 0 spiro atoms. The maximum absolute atomic E-state index is 6.08. The Morgan fingerprint density at radius 2 is 1.88 bits per heavy atom. The predicted octanol–water partition coefficient (Wildman–Crippen LogP) is 7.76. The van der Waals surface area contributed by atoms with E-state index in [-0.39, 0.29) is 0 Å². The molecule has 2 nitrogen and oxygen atoms in total. The van der Waals surface area contributed by atoms with Gasteiger partial charge in [0, 0.05) is 6.54 Å². The van der Waals surface area contributed by atoms with Gasteiger partial charge in [0.25, 0.3) is 0 Å². The Bertz CT molecular complexity index is 657. The second kappa shape index (κ2) is 10.1. The van der Waals surface area contributed by atoms with E-state index in [1.165, 1.54) is 70.6 Å². The fraction of sp³-hybridized carbons (Fsp3) is 0.933. The second-order valence-electron chi connectivity index (χ2n) is 12.9. The zero-order chi connectivity index (χ0) is 22.9. The lowest BCUT2D eigenvalue weighted by atomic mass is 9.47. The molecule has 0 aliphatic heterocycles. The van der Waals surface area contributed by atoms with Crippen LogP contribution in [0.2, 0.25) is 0 Å². The summed E-state index contributed by atoms with van der Waals surface area (Å²) in [6.45, 7) is 14.1. The minimum atomic E-state index is 0.412. The van der Waals surface area contributed by atoms with E-state index in [1.54, 1.807) is 5.57 Å². The van der Waals surface area contributed by atoms with Gasteiger partial charge in [0.1, 0.15) is 0 Å². The summed E-state index contributed by atoms with van der Waals surface area (Å²) in [6.07, 6.45) is 19.8. The van der Waals surface area contributed by atoms with Crippen molar-refractivity contribution in [2.45, 2.75) is 118 Å². The monoisotopic (exact) mass is 443 g/mol. The number of allylic oxidation sites excluding steroid dienone is 1. The van der Waals surface area contributed by atoms with E-state index in [1.807, 2.05) is 0 Å². The van der Waals surface area contributed by atoms with Gasteiger partial charge < -0.3 is 10.5 Å². The van der Waals surface area contributed by atoms with Gasteiger partial charge in [0.15, 0.2) is 0 Å². The minimum absolute atomic E-state index is 0.412. The van der Waals surface area contributed by atoms with E-state index in [4.69, 9.17) is 10.5 Å². The van der Waals surface area contributed by atoms with Gasteiger partial charge in [-0.2, -0.15) is 0 Å². The van der Waals surface area contributed by atoms with Crippen molar-refractivity contribution in [2.75, 3.05) is 13.2 Å². The van der Waals surface area contributed by atoms with Crippen molar-refractivity contribution in [3.8, 4) is 0 Å². The molecular formula is C30H53NO. The van der Waals surface area contributed by atoms with Crippen molar-refractivity contribution in [1.29, 1.82) is 0 Å². The molecule has 3 fully saturated rings. The lowest BCUT2D eigenvalue weighted by Gasteiger charge is -2.58. The summed E-state index contributed by atoms with van der Waals surface area (Å²) in [7, 11) is 0. The van der Waals surface area contributed by atoms with Crippen LogP contribution in [0.4, 0.5) is 0 Å². The average molecular weight is 444 g/mol. The molecule has 2 N–H and O–H groups in total. The third kappa shape index (κ3) is 4.49. The van der Waals surface area contributed by atoms with Crippen molar-refractivity contribution in [3.63, 3.8) is 0 Å². The highest BCUT2D eigenvalue weighted by atomic mass is 16.5. The fourth-order valence-electron chi connectivity index (χ4n) is 9.17. The molecule has 9 atom stereocenters. The molecule has 4 aliphatic rings. The molecule has 184 valence electrons. The number of ether oxygens (including phenoxy) is 1. The quantitative estimate of drug-likeness (QED) is 0.369. The molecule has 2 heteroatoms. The third-order valence-corrected chi connectivity index (χ3v) is 11.3. The highest BCUT2D eigenvalue weighted by Crippen LogP contribution is 2.67. The number of rotatable bonds is 9. The number of hydrogen-bond donors (Lipinski definition) is 1. The van der Waals surface area contributed by atoms with Gasteiger partial charge in [-0.25, -0.2) is 0 Å². The SMILES string of the molecule is CCC(C)CCC[C@@H](C)[C@H]1CCC2C3CC=C4C[C@@H](OCCN)CC[C@]4(C)C3CC[C@@]21C. The third-order valence-electron chi connectivity index (χ3n) is 11.3. The van der Waals surface area contributed by atoms with Gasteiger partial charge in [0.05, 0.1) is 12.7 Å². The molecule has 0 heterocycles. The molecule has 0 amide bonds. The van der Waals surface area contributed by atoms with Crippen LogP contribution in [-0.2, 0) is 4.74 Å². The molecule has 0 bridgehead atoms. The Morgan fingerprint density at radius 1 is 1.06 bits per heavy atom. The average Bonchev–Trinajstić information content (AvgIpc) is 3.14. The lowest BCUT2D eigenvalue weighted by Crippen LogP contribution is -2.51. The molecule has 3 saturated carbocycles. The van der Waals surface area contributed by atoms with Crippen molar-refractivity contribution < 1.29 is 4.74 Å². The predicted molar refractivity (Wildman–Crippen MR) is 136 cm³/mol. The maximum Gasteiger partial charge on any atom is 0.0613 e. The van der Waals surface area contributed by atoms with Gasteiger partial charge in [-0.1, -0.05) is 72.0 Å². The lowest BCUT2D eigenvalue weighted by molar-refractivity contribution is -0.0634. The summed E-state index contributed by atoms with van der Waals surface area (Å²) in [5.74, 6) is 5.58. The Kier molecular flexibility index (Phi) is 7.82. The largest absolute Gasteiger partial charge is 0.377 e. The van der Waals surface area contributed by atoms with Gasteiger partial charge >= 0.3 is 0 Å². The maximum atomic E-state index is 6.08. The van der Waals surface area contributed by atoms with Crippen molar-refractivity contribution >= 4 is 0 Å². The van der Waals surface area contributed by atoms with E-state index in [0.29, 0.717) is 23.5 Å². The number of nitrogens with two attached hydrogens (primary N) is 1. The van der Waals surface area contributed by atoms with Gasteiger partial charge in [-0.3, -0.25) is 0 Å². The molecule has 4 rings (SSSR count). The van der Waals surface area contributed by atoms with E-state index in [9.17, 15) is 0 Å². The zero-order valence-electron chi connectivity index (χ0n) is 22.0. The van der Waals surface area contributed by atoms with Crippen LogP contribution in [0, 0.1) is 46.3 Å². The molecule has 0 radical (unpaired) electrons. The van der Waals surface area contributed by atoms with Gasteiger partial charge in [-0.05, 0) is 97.7 Å². The first-order valence-electron chi connectivity index (χ1n) is 14.3. The fourth-order valence-corrected chi connectivity index (χ4v) is 9.17. The summed E-state index contributed by atoms with van der Waals surface area (Å²) in [6, 6.07) is 0. The first-order valence-corrected chi connectivity index (χ1v) is 14.3. The van der Waals surface area contributed by atoms with E-state index in [0.717, 1.165) is 48.5 Å².